The number of aromatic nitrogens is 1. The maximum absolute atomic E-state index is 2.66. The summed E-state index contributed by atoms with van der Waals surface area (Å²) in [5.74, 6) is 0. The summed E-state index contributed by atoms with van der Waals surface area (Å²) in [7, 11) is 0. The van der Waals surface area contributed by atoms with Crippen LogP contribution in [0.25, 0.3) is 16.6 Å². The molecule has 2 aliphatic heterocycles. The molecule has 4 aromatic carbocycles. The van der Waals surface area contributed by atoms with Crippen LogP contribution in [0.3, 0.4) is 0 Å². The number of hydrogen-bond acceptors (Lipinski definition) is 1. The number of aryl methyl sites for hydroxylation is 1. The predicted octanol–water partition coefficient (Wildman–Crippen LogP) is 7.72. The molecule has 0 unspecified atom stereocenters. The van der Waals surface area contributed by atoms with Crippen molar-refractivity contribution in [2.45, 2.75) is 78.1 Å². The van der Waals surface area contributed by atoms with Crippen molar-refractivity contribution in [2.75, 3.05) is 4.90 Å². The van der Waals surface area contributed by atoms with E-state index in [4.69, 9.17) is 0 Å². The number of hydrogen-bond donors (Lipinski definition) is 0. The number of rotatable bonds is 1. The molecule has 8 rings (SSSR count). The van der Waals surface area contributed by atoms with E-state index in [1.807, 2.05) is 0 Å². The fourth-order valence-corrected chi connectivity index (χ4v) is 7.79. The molecule has 0 amide bonds. The van der Waals surface area contributed by atoms with E-state index < -0.39 is 0 Å². The molecular formula is C38H39BN2. The molecule has 3 heteroatoms. The third-order valence-corrected chi connectivity index (χ3v) is 9.90. The van der Waals surface area contributed by atoms with Gasteiger partial charge in [0.25, 0.3) is 6.71 Å². The molecule has 1 aromatic heterocycles. The Kier molecular flexibility index (Phi) is 5.14. The van der Waals surface area contributed by atoms with Gasteiger partial charge in [-0.05, 0) is 99.9 Å². The molecule has 3 aliphatic rings. The Hall–Kier alpha value is -3.72. The Morgan fingerprint density at radius 3 is 2.07 bits per heavy atom. The number of para-hydroxylation sites is 1. The van der Waals surface area contributed by atoms with Crippen LogP contribution in [0.5, 0.6) is 0 Å². The van der Waals surface area contributed by atoms with Crippen LogP contribution >= 0.6 is 0 Å². The second kappa shape index (κ2) is 8.41. The minimum Gasteiger partial charge on any atom is -0.314 e. The zero-order chi connectivity index (χ0) is 28.3. The van der Waals surface area contributed by atoms with Crippen LogP contribution in [0.1, 0.15) is 76.8 Å². The summed E-state index contributed by atoms with van der Waals surface area (Å²) >= 11 is 0. The highest BCUT2D eigenvalue weighted by Gasteiger charge is 2.42. The first-order valence-corrected chi connectivity index (χ1v) is 15.5. The first-order valence-electron chi connectivity index (χ1n) is 15.5. The number of nitrogens with zero attached hydrogens (tertiary/aromatic N) is 2. The molecule has 0 bridgehead atoms. The van der Waals surface area contributed by atoms with Crippen LogP contribution in [-0.2, 0) is 23.7 Å². The van der Waals surface area contributed by atoms with Gasteiger partial charge in [0, 0.05) is 39.3 Å². The minimum atomic E-state index is 0.0774. The van der Waals surface area contributed by atoms with Gasteiger partial charge in [-0.1, -0.05) is 90.1 Å². The van der Waals surface area contributed by atoms with Gasteiger partial charge in [-0.15, -0.1) is 0 Å². The highest BCUT2D eigenvalue weighted by Crippen LogP contribution is 2.42. The highest BCUT2D eigenvalue weighted by molar-refractivity contribution is 7.00. The summed E-state index contributed by atoms with van der Waals surface area (Å²) in [5, 5.41) is 1.47. The van der Waals surface area contributed by atoms with Crippen molar-refractivity contribution < 1.29 is 0 Å². The molecule has 41 heavy (non-hydrogen) atoms. The molecule has 2 nitrogen and oxygen atoms in total. The lowest BCUT2D eigenvalue weighted by molar-refractivity contribution is 0.590. The summed E-state index contributed by atoms with van der Waals surface area (Å²) in [6.07, 6.45) is 4.93. The van der Waals surface area contributed by atoms with E-state index in [1.54, 1.807) is 11.3 Å². The topological polar surface area (TPSA) is 8.17 Å². The average Bonchev–Trinajstić information content (AvgIpc) is 3.29. The molecule has 0 saturated heterocycles. The lowest BCUT2D eigenvalue weighted by Gasteiger charge is -2.41. The molecule has 5 aromatic rings. The van der Waals surface area contributed by atoms with Gasteiger partial charge in [0.1, 0.15) is 0 Å². The lowest BCUT2D eigenvalue weighted by Crippen LogP contribution is -2.60. The highest BCUT2D eigenvalue weighted by atomic mass is 15.2. The van der Waals surface area contributed by atoms with Gasteiger partial charge < -0.3 is 9.47 Å². The second-order valence-electron chi connectivity index (χ2n) is 14.5. The zero-order valence-electron chi connectivity index (χ0n) is 25.3. The predicted molar refractivity (Wildman–Crippen MR) is 177 cm³/mol. The molecule has 204 valence electrons. The molecule has 3 heterocycles. The van der Waals surface area contributed by atoms with Crippen molar-refractivity contribution in [3.05, 3.63) is 101 Å². The van der Waals surface area contributed by atoms with E-state index in [2.05, 4.69) is 130 Å². The fraction of sp³-hybridized carbons (Fsp3) is 0.316. The van der Waals surface area contributed by atoms with Crippen molar-refractivity contribution in [3.63, 3.8) is 0 Å². The van der Waals surface area contributed by atoms with Crippen LogP contribution in [0.2, 0.25) is 0 Å². The molecule has 0 fully saturated rings. The zero-order valence-corrected chi connectivity index (χ0v) is 25.3. The Balaban J connectivity index is 1.46. The van der Waals surface area contributed by atoms with Gasteiger partial charge in [-0.25, -0.2) is 0 Å². The van der Waals surface area contributed by atoms with Crippen LogP contribution in [0.4, 0.5) is 17.1 Å². The Bertz CT molecular complexity index is 1860. The minimum absolute atomic E-state index is 0.0774. The number of benzene rings is 4. The maximum atomic E-state index is 2.66. The molecule has 1 aliphatic carbocycles. The van der Waals surface area contributed by atoms with E-state index >= 15 is 0 Å². The van der Waals surface area contributed by atoms with Crippen molar-refractivity contribution in [2.24, 2.45) is 0 Å². The van der Waals surface area contributed by atoms with Gasteiger partial charge >= 0.3 is 0 Å². The van der Waals surface area contributed by atoms with Crippen molar-refractivity contribution >= 4 is 51.1 Å². The normalized spacial score (nSPS) is 15.6. The van der Waals surface area contributed by atoms with Gasteiger partial charge in [0.05, 0.1) is 0 Å². The number of fused-ring (bicyclic) bond motifs is 7. The first-order chi connectivity index (χ1) is 19.6. The van der Waals surface area contributed by atoms with E-state index in [0.717, 1.165) is 0 Å². The van der Waals surface area contributed by atoms with Crippen LogP contribution in [-0.4, -0.2) is 11.3 Å². The summed E-state index contributed by atoms with van der Waals surface area (Å²) < 4.78 is 2.66. The summed E-state index contributed by atoms with van der Waals surface area (Å²) in [6, 6.07) is 30.7. The average molecular weight is 535 g/mol. The molecule has 0 spiro atoms. The Morgan fingerprint density at radius 1 is 0.634 bits per heavy atom. The van der Waals surface area contributed by atoms with E-state index in [1.165, 1.54) is 86.9 Å². The van der Waals surface area contributed by atoms with Gasteiger partial charge in [-0.3, -0.25) is 0 Å². The Morgan fingerprint density at radius 2 is 1.32 bits per heavy atom. The third kappa shape index (κ3) is 3.51. The SMILES string of the molecule is CC(C)(C)c1ccc(N2c3ccc(C(C)(C)C)cc3B3c4c2cccc4-n2c4c(c5cccc3c52)CCCC4)cc1. The molecule has 0 saturated carbocycles. The van der Waals surface area contributed by atoms with Crippen LogP contribution in [0, 0.1) is 0 Å². The van der Waals surface area contributed by atoms with Crippen LogP contribution in [0.15, 0.2) is 78.9 Å². The molecular weight excluding hydrogens is 495 g/mol. The lowest BCUT2D eigenvalue weighted by atomic mass is 9.33. The summed E-state index contributed by atoms with van der Waals surface area (Å²) in [5.41, 5.74) is 17.1. The first kappa shape index (κ1) is 25.0. The monoisotopic (exact) mass is 534 g/mol. The van der Waals surface area contributed by atoms with Crippen molar-refractivity contribution in [1.82, 2.24) is 4.57 Å². The third-order valence-electron chi connectivity index (χ3n) is 9.90. The largest absolute Gasteiger partial charge is 0.314 e. The summed E-state index contributed by atoms with van der Waals surface area (Å²) in [6.45, 7) is 14.1. The maximum Gasteiger partial charge on any atom is 0.252 e. The molecule has 0 atom stereocenters. The number of anilines is 3. The fourth-order valence-electron chi connectivity index (χ4n) is 7.79. The van der Waals surface area contributed by atoms with E-state index in [0.29, 0.717) is 0 Å². The van der Waals surface area contributed by atoms with Gasteiger partial charge in [0.2, 0.25) is 0 Å². The van der Waals surface area contributed by atoms with E-state index in [9.17, 15) is 0 Å². The van der Waals surface area contributed by atoms with Gasteiger partial charge in [-0.2, -0.15) is 0 Å². The van der Waals surface area contributed by atoms with E-state index in [-0.39, 0.29) is 17.5 Å². The van der Waals surface area contributed by atoms with Crippen LogP contribution < -0.4 is 21.3 Å². The summed E-state index contributed by atoms with van der Waals surface area (Å²) in [4.78, 5) is 2.53. The van der Waals surface area contributed by atoms with Crippen molar-refractivity contribution in [1.29, 1.82) is 0 Å². The quantitative estimate of drug-likeness (QED) is 0.196. The van der Waals surface area contributed by atoms with Gasteiger partial charge in [0.15, 0.2) is 0 Å². The smallest absolute Gasteiger partial charge is 0.252 e. The molecule has 0 radical (unpaired) electrons. The standard InChI is InChI=1S/C38H39BN2/c1-37(2,3)24-17-20-26(21-18-24)40-32-22-19-25(38(4,5)6)23-30(32)39-29-13-9-12-28-27-11-7-8-14-31(27)41(36(28)29)34-16-10-15-33(40)35(34)39/h9-10,12-13,15-23H,7-8,11,14H2,1-6H3. The molecule has 0 N–H and O–H groups in total. The Labute approximate surface area is 245 Å². The van der Waals surface area contributed by atoms with Crippen molar-refractivity contribution in [3.8, 4) is 5.69 Å². The second-order valence-corrected chi connectivity index (χ2v) is 14.5.